The molecular weight excluding hydrogens is 291 g/mol. The highest BCUT2D eigenvalue weighted by molar-refractivity contribution is 5.00. The Morgan fingerprint density at radius 3 is 1.47 bits per heavy atom. The van der Waals surface area contributed by atoms with Crippen LogP contribution in [0.4, 0.5) is 39.5 Å². The summed E-state index contributed by atoms with van der Waals surface area (Å²) in [4.78, 5) is 0. The summed E-state index contributed by atoms with van der Waals surface area (Å²) in [6.45, 7) is 3.34. The van der Waals surface area contributed by atoms with Crippen molar-refractivity contribution in [2.75, 3.05) is 0 Å². The number of halogens is 9. The Labute approximate surface area is 104 Å². The molecular formula is C10H12F9. The fourth-order valence-electron chi connectivity index (χ4n) is 1.27. The van der Waals surface area contributed by atoms with Crippen molar-refractivity contribution in [3.05, 3.63) is 6.92 Å². The zero-order valence-electron chi connectivity index (χ0n) is 9.64. The molecule has 0 saturated carbocycles. The molecule has 9 heteroatoms. The van der Waals surface area contributed by atoms with Crippen LogP contribution in [0.1, 0.15) is 32.1 Å². The number of hydrogen-bond acceptors (Lipinski definition) is 0. The fourth-order valence-corrected chi connectivity index (χ4v) is 1.27. The normalized spacial score (nSPS) is 14.8. The Hall–Kier alpha value is -0.630. The number of hydrogen-bond donors (Lipinski definition) is 0. The average Bonchev–Trinajstić information content (AvgIpc) is 2.22. The third kappa shape index (κ3) is 3.68. The summed E-state index contributed by atoms with van der Waals surface area (Å²) in [6, 6.07) is 0. The Kier molecular flexibility index (Phi) is 5.59. The minimum atomic E-state index is -6.78. The first-order valence-corrected chi connectivity index (χ1v) is 5.30. The van der Waals surface area contributed by atoms with Crippen molar-refractivity contribution in [1.29, 1.82) is 0 Å². The van der Waals surface area contributed by atoms with Gasteiger partial charge in [-0.2, -0.15) is 39.5 Å². The summed E-state index contributed by atoms with van der Waals surface area (Å²) < 4.78 is 111. The molecule has 0 unspecified atom stereocenters. The van der Waals surface area contributed by atoms with Crippen LogP contribution in [0.15, 0.2) is 0 Å². The Bertz CT molecular complexity index is 279. The number of unbranched alkanes of at least 4 members (excludes halogenated alkanes) is 3. The number of rotatable bonds is 7. The van der Waals surface area contributed by atoms with E-state index in [0.717, 1.165) is 0 Å². The predicted octanol–water partition coefficient (Wildman–Crippen LogP) is 5.24. The zero-order valence-corrected chi connectivity index (χ0v) is 9.64. The molecule has 0 nitrogen and oxygen atoms in total. The molecule has 1 radical (unpaired) electrons. The molecule has 0 bridgehead atoms. The van der Waals surface area contributed by atoms with Crippen molar-refractivity contribution < 1.29 is 39.5 Å². The lowest BCUT2D eigenvalue weighted by Gasteiger charge is -2.33. The van der Waals surface area contributed by atoms with Gasteiger partial charge in [0.1, 0.15) is 0 Å². The van der Waals surface area contributed by atoms with E-state index < -0.39 is 36.8 Å². The molecule has 0 spiro atoms. The van der Waals surface area contributed by atoms with E-state index in [9.17, 15) is 39.5 Å². The molecule has 0 aliphatic heterocycles. The molecule has 0 fully saturated rings. The maximum atomic E-state index is 12.9. The highest BCUT2D eigenvalue weighted by Crippen LogP contribution is 2.54. The summed E-state index contributed by atoms with van der Waals surface area (Å²) in [7, 11) is 0. The molecule has 0 rings (SSSR count). The standard InChI is InChI=1S/C10H12F9/c1-2-3-4-5-6-7(11,12)8(13,14)9(15,16)10(17,18)19/h1-6H2. The molecule has 0 atom stereocenters. The van der Waals surface area contributed by atoms with E-state index in [0.29, 0.717) is 6.42 Å². The minimum absolute atomic E-state index is 0.00718. The first kappa shape index (κ1) is 18.4. The Morgan fingerprint density at radius 2 is 1.11 bits per heavy atom. The van der Waals surface area contributed by atoms with Crippen molar-refractivity contribution in [2.24, 2.45) is 0 Å². The summed E-state index contributed by atoms with van der Waals surface area (Å²) in [5, 5.41) is 0. The molecule has 19 heavy (non-hydrogen) atoms. The lowest BCUT2D eigenvalue weighted by molar-refractivity contribution is -0.396. The van der Waals surface area contributed by atoms with E-state index in [1.54, 1.807) is 0 Å². The molecule has 0 aliphatic carbocycles. The molecule has 0 N–H and O–H groups in total. The summed E-state index contributed by atoms with van der Waals surface area (Å²) in [6.07, 6.45) is -8.48. The van der Waals surface area contributed by atoms with Crippen molar-refractivity contribution >= 4 is 0 Å². The second-order valence-corrected chi connectivity index (χ2v) is 4.02. The molecule has 0 amide bonds. The first-order valence-electron chi connectivity index (χ1n) is 5.30. The highest BCUT2D eigenvalue weighted by atomic mass is 19.4. The van der Waals surface area contributed by atoms with Gasteiger partial charge in [0.2, 0.25) is 0 Å². The molecule has 0 saturated heterocycles. The minimum Gasteiger partial charge on any atom is -0.200 e. The third-order valence-corrected chi connectivity index (χ3v) is 2.45. The third-order valence-electron chi connectivity index (χ3n) is 2.45. The molecule has 0 aromatic rings. The lowest BCUT2D eigenvalue weighted by atomic mass is 9.98. The Balaban J connectivity index is 4.96. The molecule has 115 valence electrons. The van der Waals surface area contributed by atoms with Crippen LogP contribution in [0.3, 0.4) is 0 Å². The summed E-state index contributed by atoms with van der Waals surface area (Å²) in [5.74, 6) is -18.7. The van der Waals surface area contributed by atoms with E-state index in [1.807, 2.05) is 0 Å². The fraction of sp³-hybridized carbons (Fsp3) is 0.900. The maximum absolute atomic E-state index is 12.9. The second-order valence-electron chi connectivity index (χ2n) is 4.02. The van der Waals surface area contributed by atoms with Crippen molar-refractivity contribution in [3.8, 4) is 0 Å². The predicted molar refractivity (Wildman–Crippen MR) is 49.3 cm³/mol. The Morgan fingerprint density at radius 1 is 0.632 bits per heavy atom. The number of alkyl halides is 9. The van der Waals surface area contributed by atoms with Crippen LogP contribution >= 0.6 is 0 Å². The SMILES string of the molecule is [CH2]CCCCCC(F)(F)C(F)(F)C(F)(F)C(F)(F)F. The van der Waals surface area contributed by atoms with Crippen LogP contribution in [0.2, 0.25) is 0 Å². The monoisotopic (exact) mass is 303 g/mol. The van der Waals surface area contributed by atoms with Gasteiger partial charge in [-0.1, -0.05) is 26.2 Å². The summed E-state index contributed by atoms with van der Waals surface area (Å²) >= 11 is 0. The molecule has 0 aliphatic rings. The first-order chi connectivity index (χ1) is 8.31. The summed E-state index contributed by atoms with van der Waals surface area (Å²) in [5.41, 5.74) is 0. The van der Waals surface area contributed by atoms with Crippen LogP contribution in [-0.2, 0) is 0 Å². The molecule has 0 heterocycles. The van der Waals surface area contributed by atoms with Gasteiger partial charge in [-0.15, -0.1) is 0 Å². The van der Waals surface area contributed by atoms with Gasteiger partial charge in [-0.25, -0.2) is 0 Å². The van der Waals surface area contributed by atoms with Gasteiger partial charge in [0, 0.05) is 6.42 Å². The van der Waals surface area contributed by atoms with Crippen LogP contribution in [0, 0.1) is 6.92 Å². The van der Waals surface area contributed by atoms with Crippen molar-refractivity contribution in [2.45, 2.75) is 56.0 Å². The molecule has 0 aromatic heterocycles. The largest absolute Gasteiger partial charge is 0.460 e. The van der Waals surface area contributed by atoms with Crippen molar-refractivity contribution in [1.82, 2.24) is 0 Å². The van der Waals surface area contributed by atoms with Gasteiger partial charge >= 0.3 is 23.9 Å². The van der Waals surface area contributed by atoms with Crippen LogP contribution < -0.4 is 0 Å². The van der Waals surface area contributed by atoms with Crippen LogP contribution in [0.5, 0.6) is 0 Å². The smallest absolute Gasteiger partial charge is 0.200 e. The average molecular weight is 303 g/mol. The maximum Gasteiger partial charge on any atom is 0.460 e. The topological polar surface area (TPSA) is 0 Å². The van der Waals surface area contributed by atoms with E-state index >= 15 is 0 Å². The van der Waals surface area contributed by atoms with Gasteiger partial charge in [0.25, 0.3) is 0 Å². The molecule has 0 aromatic carbocycles. The van der Waals surface area contributed by atoms with E-state index in [2.05, 4.69) is 6.92 Å². The van der Waals surface area contributed by atoms with Gasteiger partial charge in [-0.3, -0.25) is 0 Å². The van der Waals surface area contributed by atoms with Gasteiger partial charge < -0.3 is 0 Å². The van der Waals surface area contributed by atoms with Gasteiger partial charge in [-0.05, 0) is 6.42 Å². The quantitative estimate of drug-likeness (QED) is 0.446. The highest BCUT2D eigenvalue weighted by Gasteiger charge is 2.81. The van der Waals surface area contributed by atoms with Gasteiger partial charge in [0.05, 0.1) is 0 Å². The van der Waals surface area contributed by atoms with Crippen LogP contribution in [0.25, 0.3) is 0 Å². The second kappa shape index (κ2) is 5.78. The van der Waals surface area contributed by atoms with Crippen molar-refractivity contribution in [3.63, 3.8) is 0 Å². The van der Waals surface area contributed by atoms with E-state index in [-0.39, 0.29) is 12.8 Å². The van der Waals surface area contributed by atoms with Crippen LogP contribution in [-0.4, -0.2) is 23.9 Å². The van der Waals surface area contributed by atoms with E-state index in [4.69, 9.17) is 0 Å². The zero-order chi connectivity index (χ0) is 15.5. The lowest BCUT2D eigenvalue weighted by Crippen LogP contribution is -2.60. The van der Waals surface area contributed by atoms with Gasteiger partial charge in [0.15, 0.2) is 0 Å². The van der Waals surface area contributed by atoms with E-state index in [1.165, 1.54) is 0 Å².